The van der Waals surface area contributed by atoms with Crippen LogP contribution >= 0.6 is 11.3 Å². The highest BCUT2D eigenvalue weighted by atomic mass is 32.1. The Labute approximate surface area is 166 Å². The number of rotatable bonds is 3. The topological polar surface area (TPSA) is 45.2 Å². The van der Waals surface area contributed by atoms with Crippen molar-refractivity contribution in [2.75, 3.05) is 36.0 Å². The molecule has 3 aromatic rings. The fourth-order valence-electron chi connectivity index (χ4n) is 3.88. The van der Waals surface area contributed by atoms with E-state index in [-0.39, 0.29) is 0 Å². The van der Waals surface area contributed by atoms with E-state index < -0.39 is 12.3 Å². The lowest BCUT2D eigenvalue weighted by Crippen LogP contribution is -2.36. The van der Waals surface area contributed by atoms with E-state index in [1.54, 1.807) is 23.7 Å². The van der Waals surface area contributed by atoms with E-state index in [0.29, 0.717) is 32.5 Å². The molecule has 3 aromatic heterocycles. The molecule has 0 radical (unpaired) electrons. The molecule has 2 atom stereocenters. The summed E-state index contributed by atoms with van der Waals surface area (Å²) < 4.78 is 28.1. The van der Waals surface area contributed by atoms with Gasteiger partial charge in [-0.25, -0.2) is 23.7 Å². The number of alkyl halides is 2. The Bertz CT molecular complexity index is 976. The molecule has 2 fully saturated rings. The summed E-state index contributed by atoms with van der Waals surface area (Å²) in [6, 6.07) is 5.92. The highest BCUT2D eigenvalue weighted by Crippen LogP contribution is 2.33. The molecule has 0 N–H and O–H groups in total. The van der Waals surface area contributed by atoms with Crippen LogP contribution in [0.2, 0.25) is 0 Å². The second kappa shape index (κ2) is 7.24. The molecule has 2 saturated heterocycles. The number of hydrogen-bond donors (Lipinski definition) is 0. The van der Waals surface area contributed by atoms with Crippen molar-refractivity contribution in [1.29, 1.82) is 0 Å². The lowest BCUT2D eigenvalue weighted by molar-refractivity contribution is 0.286. The molecule has 5 rings (SSSR count). The van der Waals surface area contributed by atoms with Crippen LogP contribution in [0.25, 0.3) is 20.8 Å². The van der Waals surface area contributed by atoms with Crippen LogP contribution in [0.4, 0.5) is 20.4 Å². The molecule has 0 unspecified atom stereocenters. The van der Waals surface area contributed by atoms with Gasteiger partial charge >= 0.3 is 0 Å². The van der Waals surface area contributed by atoms with Gasteiger partial charge in [0.2, 0.25) is 0 Å². The van der Waals surface area contributed by atoms with Gasteiger partial charge < -0.3 is 9.80 Å². The predicted molar refractivity (Wildman–Crippen MR) is 109 cm³/mol. The number of hydrogen-bond acceptors (Lipinski definition) is 6. The van der Waals surface area contributed by atoms with E-state index in [2.05, 4.69) is 15.0 Å². The maximum absolute atomic E-state index is 13.7. The van der Waals surface area contributed by atoms with Crippen LogP contribution in [0.3, 0.4) is 0 Å². The maximum atomic E-state index is 13.7. The third-order valence-corrected chi connectivity index (χ3v) is 6.47. The standard InChI is InChI=1S/C20H21F2N5S/c21-14-2-1-6-26(11-14)19-8-17-16(10-24-19)25-20(28-17)13-3-4-18(23-9-13)27-7-5-15(22)12-27/h3-4,8-10,14-15H,1-2,5-7,11-12H2/t14-,15-/m1/s1. The SMILES string of the molecule is F[C@@H]1CCCN(c2cc3sc(-c4ccc(N5CC[C@@H](F)C5)nc4)nc3cn2)C1. The van der Waals surface area contributed by atoms with Gasteiger partial charge in [-0.2, -0.15) is 0 Å². The van der Waals surface area contributed by atoms with Gasteiger partial charge in [0.05, 0.1) is 24.0 Å². The number of thiazole rings is 1. The summed E-state index contributed by atoms with van der Waals surface area (Å²) in [6.07, 6.45) is 4.07. The Hall–Kier alpha value is -2.35. The molecule has 2 aliphatic heterocycles. The first-order chi connectivity index (χ1) is 13.7. The van der Waals surface area contributed by atoms with Crippen LogP contribution in [0, 0.1) is 0 Å². The predicted octanol–water partition coefficient (Wildman–Crippen LogP) is 4.24. The molecule has 2 aliphatic rings. The quantitative estimate of drug-likeness (QED) is 0.657. The first-order valence-electron chi connectivity index (χ1n) is 9.67. The largest absolute Gasteiger partial charge is 0.354 e. The van der Waals surface area contributed by atoms with Gasteiger partial charge in [-0.05, 0) is 31.4 Å². The molecular weight excluding hydrogens is 380 g/mol. The van der Waals surface area contributed by atoms with Crippen molar-refractivity contribution in [2.24, 2.45) is 0 Å². The van der Waals surface area contributed by atoms with Crippen LogP contribution in [0.15, 0.2) is 30.6 Å². The van der Waals surface area contributed by atoms with Crippen LogP contribution in [0.1, 0.15) is 19.3 Å². The number of aromatic nitrogens is 3. The fraction of sp³-hybridized carbons (Fsp3) is 0.450. The Morgan fingerprint density at radius 3 is 2.46 bits per heavy atom. The normalized spacial score (nSPS) is 22.9. The smallest absolute Gasteiger partial charge is 0.130 e. The molecule has 5 nitrogen and oxygen atoms in total. The Morgan fingerprint density at radius 2 is 1.71 bits per heavy atom. The van der Waals surface area contributed by atoms with Crippen LogP contribution in [0.5, 0.6) is 0 Å². The molecule has 28 heavy (non-hydrogen) atoms. The van der Waals surface area contributed by atoms with Gasteiger partial charge in [0.15, 0.2) is 0 Å². The van der Waals surface area contributed by atoms with Crippen LogP contribution in [-0.2, 0) is 0 Å². The number of anilines is 2. The second-order valence-corrected chi connectivity index (χ2v) is 8.48. The molecule has 0 bridgehead atoms. The minimum absolute atomic E-state index is 0.409. The van der Waals surface area contributed by atoms with Gasteiger partial charge in [-0.1, -0.05) is 0 Å². The third-order valence-electron chi connectivity index (χ3n) is 5.40. The number of fused-ring (bicyclic) bond motifs is 1. The summed E-state index contributed by atoms with van der Waals surface area (Å²) in [5.41, 5.74) is 1.77. The minimum atomic E-state index is -0.781. The Kier molecular flexibility index (Phi) is 4.58. The molecule has 0 amide bonds. The summed E-state index contributed by atoms with van der Waals surface area (Å²) in [4.78, 5) is 17.6. The van der Waals surface area contributed by atoms with Crippen molar-refractivity contribution in [3.8, 4) is 10.6 Å². The van der Waals surface area contributed by atoms with Crippen molar-refractivity contribution >= 4 is 33.2 Å². The van der Waals surface area contributed by atoms with E-state index in [1.165, 1.54) is 0 Å². The molecule has 5 heterocycles. The summed E-state index contributed by atoms with van der Waals surface area (Å²) in [6.45, 7) is 2.37. The first-order valence-corrected chi connectivity index (χ1v) is 10.5. The first kappa shape index (κ1) is 17.7. The minimum Gasteiger partial charge on any atom is -0.354 e. The van der Waals surface area contributed by atoms with Gasteiger partial charge in [-0.15, -0.1) is 11.3 Å². The number of piperidine rings is 1. The molecule has 0 saturated carbocycles. The van der Waals surface area contributed by atoms with E-state index in [4.69, 9.17) is 0 Å². The van der Waals surface area contributed by atoms with Crippen molar-refractivity contribution in [1.82, 2.24) is 15.0 Å². The zero-order chi connectivity index (χ0) is 19.1. The summed E-state index contributed by atoms with van der Waals surface area (Å²) in [5.74, 6) is 1.62. The molecule has 0 aromatic carbocycles. The van der Waals surface area contributed by atoms with Gasteiger partial charge in [0.1, 0.15) is 34.5 Å². The lowest BCUT2D eigenvalue weighted by atomic mass is 10.1. The zero-order valence-corrected chi connectivity index (χ0v) is 16.2. The lowest BCUT2D eigenvalue weighted by Gasteiger charge is -2.29. The summed E-state index contributed by atoms with van der Waals surface area (Å²) >= 11 is 1.58. The molecule has 8 heteroatoms. The molecule has 0 aliphatic carbocycles. The Balaban J connectivity index is 1.39. The average molecular weight is 401 g/mol. The van der Waals surface area contributed by atoms with Gasteiger partial charge in [-0.3, -0.25) is 0 Å². The van der Waals surface area contributed by atoms with E-state index >= 15 is 0 Å². The van der Waals surface area contributed by atoms with E-state index in [1.807, 2.05) is 28.0 Å². The van der Waals surface area contributed by atoms with Gasteiger partial charge in [0, 0.05) is 30.9 Å². The van der Waals surface area contributed by atoms with E-state index in [9.17, 15) is 8.78 Å². The van der Waals surface area contributed by atoms with Crippen molar-refractivity contribution in [2.45, 2.75) is 31.6 Å². The van der Waals surface area contributed by atoms with Crippen molar-refractivity contribution in [3.05, 3.63) is 30.6 Å². The number of pyridine rings is 2. The third kappa shape index (κ3) is 3.41. The highest BCUT2D eigenvalue weighted by molar-refractivity contribution is 7.21. The number of nitrogens with zero attached hydrogens (tertiary/aromatic N) is 5. The summed E-state index contributed by atoms with van der Waals surface area (Å²) in [5, 5.41) is 0.875. The van der Waals surface area contributed by atoms with Crippen LogP contribution in [-0.4, -0.2) is 53.5 Å². The summed E-state index contributed by atoms with van der Waals surface area (Å²) in [7, 11) is 0. The monoisotopic (exact) mass is 401 g/mol. The molecule has 146 valence electrons. The zero-order valence-electron chi connectivity index (χ0n) is 15.4. The number of halogens is 2. The van der Waals surface area contributed by atoms with Crippen molar-refractivity contribution < 1.29 is 8.78 Å². The maximum Gasteiger partial charge on any atom is 0.130 e. The highest BCUT2D eigenvalue weighted by Gasteiger charge is 2.23. The molecule has 0 spiro atoms. The van der Waals surface area contributed by atoms with Crippen LogP contribution < -0.4 is 9.80 Å². The van der Waals surface area contributed by atoms with E-state index in [0.717, 1.165) is 45.4 Å². The fourth-order valence-corrected chi connectivity index (χ4v) is 4.83. The average Bonchev–Trinajstić information content (AvgIpc) is 3.34. The van der Waals surface area contributed by atoms with Crippen molar-refractivity contribution in [3.63, 3.8) is 0 Å². The van der Waals surface area contributed by atoms with Gasteiger partial charge in [0.25, 0.3) is 0 Å². The Morgan fingerprint density at radius 1 is 0.929 bits per heavy atom. The second-order valence-electron chi connectivity index (χ2n) is 7.45. The molecular formula is C20H21F2N5S.